The van der Waals surface area contributed by atoms with Crippen molar-refractivity contribution in [2.75, 3.05) is 0 Å². The van der Waals surface area contributed by atoms with Crippen molar-refractivity contribution < 1.29 is 4.42 Å². The van der Waals surface area contributed by atoms with Crippen molar-refractivity contribution in [3.8, 4) is 39.7 Å². The van der Waals surface area contributed by atoms with Crippen LogP contribution < -0.4 is 0 Å². The molecule has 0 amide bonds. The lowest BCUT2D eigenvalue weighted by Gasteiger charge is -2.08. The lowest BCUT2D eigenvalue weighted by Crippen LogP contribution is -1.92. The summed E-state index contributed by atoms with van der Waals surface area (Å²) in [7, 11) is 0. The summed E-state index contributed by atoms with van der Waals surface area (Å²) >= 11 is 0. The van der Waals surface area contributed by atoms with Gasteiger partial charge in [0.05, 0.1) is 11.0 Å². The molecule has 6 aromatic carbocycles. The molecule has 0 aliphatic carbocycles. The molecule has 188 valence electrons. The van der Waals surface area contributed by atoms with Crippen LogP contribution in [0, 0.1) is 0 Å². The molecule has 0 fully saturated rings. The van der Waals surface area contributed by atoms with Crippen LogP contribution in [0.3, 0.4) is 0 Å². The first kappa shape index (κ1) is 22.5. The highest BCUT2D eigenvalue weighted by molar-refractivity contribution is 6.10. The largest absolute Gasteiger partial charge is 0.416 e. The van der Waals surface area contributed by atoms with Crippen LogP contribution in [0.15, 0.2) is 144 Å². The molecule has 4 heteroatoms. The molecule has 0 radical (unpaired) electrons. The van der Waals surface area contributed by atoms with Gasteiger partial charge in [0.25, 0.3) is 0 Å². The first-order chi connectivity index (χ1) is 19.8. The van der Waals surface area contributed by atoms with E-state index in [4.69, 9.17) is 4.42 Å². The molecule has 8 aromatic rings. The summed E-state index contributed by atoms with van der Waals surface area (Å²) < 4.78 is 8.47. The number of benzene rings is 6. The molecule has 2 heterocycles. The third-order valence-corrected chi connectivity index (χ3v) is 7.60. The molecular formula is C36H23N3O. The van der Waals surface area contributed by atoms with Gasteiger partial charge in [-0.1, -0.05) is 91.0 Å². The maximum absolute atomic E-state index is 6.14. The third-order valence-electron chi connectivity index (χ3n) is 7.60. The topological polar surface area (TPSA) is 43.9 Å². The van der Waals surface area contributed by atoms with Gasteiger partial charge in [-0.2, -0.15) is 0 Å². The van der Waals surface area contributed by atoms with Gasteiger partial charge in [-0.3, -0.25) is 0 Å². The van der Waals surface area contributed by atoms with Gasteiger partial charge in [0.1, 0.15) is 0 Å². The number of fused-ring (bicyclic) bond motifs is 4. The molecule has 0 bridgehead atoms. The summed E-state index contributed by atoms with van der Waals surface area (Å²) in [5.74, 6) is 1.03. The van der Waals surface area contributed by atoms with E-state index < -0.39 is 0 Å². The Hall–Kier alpha value is -5.48. The summed E-state index contributed by atoms with van der Waals surface area (Å²) in [5.41, 5.74) is 7.69. The quantitative estimate of drug-likeness (QED) is 0.235. The predicted octanol–water partition coefficient (Wildman–Crippen LogP) is 9.32. The van der Waals surface area contributed by atoms with Gasteiger partial charge in [-0.15, -0.1) is 10.2 Å². The maximum atomic E-state index is 6.14. The van der Waals surface area contributed by atoms with Crippen molar-refractivity contribution >= 4 is 32.6 Å². The summed E-state index contributed by atoms with van der Waals surface area (Å²) in [4.78, 5) is 0. The predicted molar refractivity (Wildman–Crippen MR) is 162 cm³/mol. The Bertz CT molecular complexity index is 2150. The smallest absolute Gasteiger partial charge is 0.248 e. The number of para-hydroxylation sites is 2. The number of nitrogens with zero attached hydrogens (tertiary/aromatic N) is 3. The van der Waals surface area contributed by atoms with Crippen LogP contribution in [0.2, 0.25) is 0 Å². The fourth-order valence-corrected chi connectivity index (χ4v) is 5.67. The normalized spacial score (nSPS) is 11.5. The van der Waals surface area contributed by atoms with Crippen molar-refractivity contribution in [3.63, 3.8) is 0 Å². The Kier molecular flexibility index (Phi) is 5.10. The standard InChI is InChI=1S/C36H23N3O/c1-2-11-28(12-3-1)39-33-16-7-6-14-30(33)32-23-27(21-22-34(32)39)24-17-19-26(20-18-24)35-37-38-36(40-35)31-15-8-10-25-9-4-5-13-29(25)31/h1-23H. The molecular weight excluding hydrogens is 490 g/mol. The minimum Gasteiger partial charge on any atom is -0.416 e. The Labute approximate surface area is 230 Å². The number of hydrogen-bond donors (Lipinski definition) is 0. The van der Waals surface area contributed by atoms with Crippen molar-refractivity contribution in [2.24, 2.45) is 0 Å². The van der Waals surface area contributed by atoms with Crippen molar-refractivity contribution in [2.45, 2.75) is 0 Å². The average molecular weight is 514 g/mol. The van der Waals surface area contributed by atoms with Crippen LogP contribution in [-0.2, 0) is 0 Å². The molecule has 0 saturated heterocycles. The van der Waals surface area contributed by atoms with Crippen LogP contribution in [-0.4, -0.2) is 14.8 Å². The monoisotopic (exact) mass is 513 g/mol. The third kappa shape index (κ3) is 3.62. The van der Waals surface area contributed by atoms with Gasteiger partial charge < -0.3 is 8.98 Å². The second-order valence-electron chi connectivity index (χ2n) is 9.94. The summed E-state index contributed by atoms with van der Waals surface area (Å²) in [6, 6.07) is 48.5. The zero-order valence-electron chi connectivity index (χ0n) is 21.5. The van der Waals surface area contributed by atoms with E-state index in [0.29, 0.717) is 11.8 Å². The van der Waals surface area contributed by atoms with Crippen LogP contribution in [0.5, 0.6) is 0 Å². The lowest BCUT2D eigenvalue weighted by molar-refractivity contribution is 0.585. The number of aromatic nitrogens is 3. The van der Waals surface area contributed by atoms with Crippen LogP contribution in [0.4, 0.5) is 0 Å². The van der Waals surface area contributed by atoms with E-state index in [1.165, 1.54) is 21.8 Å². The molecule has 0 spiro atoms. The molecule has 0 N–H and O–H groups in total. The highest BCUT2D eigenvalue weighted by Crippen LogP contribution is 2.36. The molecule has 0 aliphatic rings. The molecule has 2 aromatic heterocycles. The van der Waals surface area contributed by atoms with Crippen molar-refractivity contribution in [3.05, 3.63) is 140 Å². The van der Waals surface area contributed by atoms with E-state index in [1.807, 2.05) is 36.4 Å². The number of rotatable bonds is 4. The van der Waals surface area contributed by atoms with Crippen LogP contribution in [0.1, 0.15) is 0 Å². The van der Waals surface area contributed by atoms with E-state index >= 15 is 0 Å². The first-order valence-corrected chi connectivity index (χ1v) is 13.3. The fraction of sp³-hybridized carbons (Fsp3) is 0. The number of hydrogen-bond acceptors (Lipinski definition) is 3. The van der Waals surface area contributed by atoms with E-state index in [9.17, 15) is 0 Å². The highest BCUT2D eigenvalue weighted by atomic mass is 16.4. The van der Waals surface area contributed by atoms with Gasteiger partial charge in [0.15, 0.2) is 0 Å². The fourth-order valence-electron chi connectivity index (χ4n) is 5.67. The SMILES string of the molecule is c1ccc(-n2c3ccccc3c3cc(-c4ccc(-c5nnc(-c6cccc7ccccc67)o5)cc4)ccc32)cc1. The zero-order chi connectivity index (χ0) is 26.5. The average Bonchev–Trinajstić information content (AvgIpc) is 3.65. The Morgan fingerprint density at radius 3 is 1.98 bits per heavy atom. The van der Waals surface area contributed by atoms with E-state index in [0.717, 1.165) is 38.7 Å². The highest BCUT2D eigenvalue weighted by Gasteiger charge is 2.15. The molecule has 40 heavy (non-hydrogen) atoms. The van der Waals surface area contributed by atoms with Gasteiger partial charge >= 0.3 is 0 Å². The first-order valence-electron chi connectivity index (χ1n) is 13.3. The Morgan fingerprint density at radius 2 is 1.10 bits per heavy atom. The second kappa shape index (κ2) is 9.07. The van der Waals surface area contributed by atoms with Gasteiger partial charge in [0, 0.05) is 27.6 Å². The zero-order valence-corrected chi connectivity index (χ0v) is 21.5. The molecule has 8 rings (SSSR count). The van der Waals surface area contributed by atoms with Crippen molar-refractivity contribution in [1.29, 1.82) is 0 Å². The van der Waals surface area contributed by atoms with E-state index in [1.54, 1.807) is 0 Å². The van der Waals surface area contributed by atoms with Gasteiger partial charge in [0.2, 0.25) is 11.8 Å². The summed E-state index contributed by atoms with van der Waals surface area (Å²) in [6.45, 7) is 0. The minimum absolute atomic E-state index is 0.510. The van der Waals surface area contributed by atoms with E-state index in [-0.39, 0.29) is 0 Å². The summed E-state index contributed by atoms with van der Waals surface area (Å²) in [6.07, 6.45) is 0. The lowest BCUT2D eigenvalue weighted by atomic mass is 10.0. The molecule has 0 atom stereocenters. The van der Waals surface area contributed by atoms with Crippen molar-refractivity contribution in [1.82, 2.24) is 14.8 Å². The van der Waals surface area contributed by atoms with Crippen LogP contribution >= 0.6 is 0 Å². The molecule has 0 aliphatic heterocycles. The van der Waals surface area contributed by atoms with Gasteiger partial charge in [-0.05, 0) is 70.4 Å². The van der Waals surface area contributed by atoms with Gasteiger partial charge in [-0.25, -0.2) is 0 Å². The summed E-state index contributed by atoms with van der Waals surface area (Å²) in [5, 5.41) is 13.4. The molecule has 0 unspecified atom stereocenters. The second-order valence-corrected chi connectivity index (χ2v) is 9.94. The van der Waals surface area contributed by atoms with E-state index in [2.05, 4.69) is 118 Å². The minimum atomic E-state index is 0.510. The maximum Gasteiger partial charge on any atom is 0.248 e. The molecule has 0 saturated carbocycles. The Morgan fingerprint density at radius 1 is 0.450 bits per heavy atom. The van der Waals surface area contributed by atoms with Crippen LogP contribution in [0.25, 0.3) is 72.3 Å². The Balaban J connectivity index is 1.16. The molecule has 4 nitrogen and oxygen atoms in total.